The molecule has 0 bridgehead atoms. The maximum absolute atomic E-state index is 11.7. The van der Waals surface area contributed by atoms with Gasteiger partial charge in [0, 0.05) is 21.2 Å². The van der Waals surface area contributed by atoms with E-state index in [0.717, 1.165) is 19.3 Å². The fraction of sp³-hybridized carbons (Fsp3) is 0.636. The third-order valence-electron chi connectivity index (χ3n) is 6.10. The maximum Gasteiger partial charge on any atom is 0.351 e. The first-order valence-electron chi connectivity index (χ1n) is 13.0. The van der Waals surface area contributed by atoms with Crippen molar-refractivity contribution in [3.05, 3.63) is 55.8 Å². The topological polar surface area (TPSA) is 168 Å². The highest BCUT2D eigenvalue weighted by molar-refractivity contribution is 7.93. The van der Waals surface area contributed by atoms with Crippen LogP contribution < -0.4 is 22.7 Å². The van der Waals surface area contributed by atoms with Gasteiger partial charge in [-0.05, 0) is 60.6 Å². The van der Waals surface area contributed by atoms with Crippen LogP contribution >= 0.6 is 16.0 Å². The van der Waals surface area contributed by atoms with Gasteiger partial charge in [0.2, 0.25) is 0 Å². The van der Waals surface area contributed by atoms with E-state index in [-0.39, 0.29) is 44.3 Å². The summed E-state index contributed by atoms with van der Waals surface area (Å²) in [4.78, 5) is 40.1. The number of aromatic nitrogens is 4. The van der Waals surface area contributed by atoms with Gasteiger partial charge in [-0.15, -0.1) is 0 Å². The van der Waals surface area contributed by atoms with Crippen molar-refractivity contribution in [2.75, 3.05) is 5.73 Å². The predicted octanol–water partition coefficient (Wildman–Crippen LogP) is 2.54. The van der Waals surface area contributed by atoms with E-state index in [1.807, 2.05) is 0 Å². The van der Waals surface area contributed by atoms with Gasteiger partial charge in [-0.3, -0.25) is 18.9 Å². The number of anilines is 1. The van der Waals surface area contributed by atoms with Crippen molar-refractivity contribution in [2.45, 2.75) is 78.0 Å². The highest BCUT2D eigenvalue weighted by Gasteiger charge is 2.33. The lowest BCUT2D eigenvalue weighted by Crippen LogP contribution is -2.31. The third kappa shape index (κ3) is 10.2. The normalized spacial score (nSPS) is 26.2. The average Bonchev–Trinajstić information content (AvgIpc) is 3.53. The van der Waals surface area contributed by atoms with Crippen LogP contribution in [0.25, 0.3) is 0 Å². The first-order valence-corrected chi connectivity index (χ1v) is 15.5. The van der Waals surface area contributed by atoms with Crippen LogP contribution in [0.5, 0.6) is 0 Å². The molecule has 2 aliphatic heterocycles. The van der Waals surface area contributed by atoms with Crippen molar-refractivity contribution in [3.63, 3.8) is 0 Å². The number of nitrogens with two attached hydrogens (primary N) is 1. The Morgan fingerprint density at radius 1 is 1.00 bits per heavy atom. The van der Waals surface area contributed by atoms with Crippen molar-refractivity contribution in [1.82, 2.24) is 19.1 Å². The summed E-state index contributed by atoms with van der Waals surface area (Å²) >= 11 is 0. The van der Waals surface area contributed by atoms with Gasteiger partial charge in [-0.2, -0.15) is 4.98 Å². The summed E-state index contributed by atoms with van der Waals surface area (Å²) in [6.07, 6.45) is 5.53. The number of rotatable bonds is 4. The Morgan fingerprint density at radius 3 is 1.87 bits per heavy atom. The van der Waals surface area contributed by atoms with Crippen LogP contribution in [0.4, 0.5) is 5.82 Å². The maximum atomic E-state index is 11.7. The fourth-order valence-electron chi connectivity index (χ4n) is 4.07. The molecule has 212 valence electrons. The fourth-order valence-corrected chi connectivity index (χ4v) is 4.07. The van der Waals surface area contributed by atoms with E-state index >= 15 is 0 Å². The molecule has 0 aromatic carbocycles. The second-order valence-electron chi connectivity index (χ2n) is 8.29. The monoisotopic (exact) mass is 611 g/mol. The molecule has 0 unspecified atom stereocenters. The van der Waals surface area contributed by atoms with Gasteiger partial charge in [0.05, 0.1) is 12.2 Å². The molecule has 0 radical (unpaired) electrons. The van der Waals surface area contributed by atoms with Gasteiger partial charge in [0.1, 0.15) is 40.0 Å². The quantitative estimate of drug-likeness (QED) is 0.494. The van der Waals surface area contributed by atoms with Crippen molar-refractivity contribution in [2.24, 2.45) is 11.8 Å². The molecule has 4 heterocycles. The molecule has 0 aliphatic carbocycles. The van der Waals surface area contributed by atoms with Crippen LogP contribution in [0.3, 0.4) is 0 Å². The van der Waals surface area contributed by atoms with E-state index in [4.69, 9.17) is 26.4 Å². The standard InChI is InChI=1S/C11H17N3O2.C11H16N2O3.2HOPS/c1-3-8-6-10(16-7(8)2)14-5-4-9(12)13-11(14)15;1-3-8-6-10(16-7(8)2)13-5-4-9(14)12-11(13)15;2*1-3-2/h4-5,7-8,10H,3,6H2,1-2H3,(H2,12,13,15);4-5,7-8,10H,3,6H2,1-2H3,(H,12,14,15);2*2H/t2*7-,8+,10-;;/m11../s1/i2*2T;;. The molecule has 4 rings (SSSR count). The minimum absolute atomic E-state index is 0.0885. The predicted molar refractivity (Wildman–Crippen MR) is 153 cm³/mol. The molecule has 2 saturated heterocycles. The molecule has 12 nitrogen and oxygen atoms in total. The largest absolute Gasteiger partial charge is 0.383 e. The lowest BCUT2D eigenvalue weighted by Gasteiger charge is -2.13. The van der Waals surface area contributed by atoms with Gasteiger partial charge < -0.3 is 15.2 Å². The molecule has 0 amide bonds. The molecule has 0 saturated carbocycles. The molecule has 38 heavy (non-hydrogen) atoms. The Balaban J connectivity index is 0.000000335. The van der Waals surface area contributed by atoms with E-state index in [1.54, 1.807) is 12.3 Å². The van der Waals surface area contributed by atoms with Crippen LogP contribution in [-0.2, 0) is 31.2 Å². The Labute approximate surface area is 234 Å². The van der Waals surface area contributed by atoms with Crippen molar-refractivity contribution >= 4 is 43.5 Å². The van der Waals surface area contributed by atoms with Gasteiger partial charge in [0.15, 0.2) is 0 Å². The summed E-state index contributed by atoms with van der Waals surface area (Å²) in [5, 5.41) is 0. The lowest BCUT2D eigenvalue weighted by atomic mass is 9.99. The number of nitrogens with one attached hydrogen (secondary N) is 1. The van der Waals surface area contributed by atoms with Gasteiger partial charge >= 0.3 is 11.4 Å². The highest BCUT2D eigenvalue weighted by Crippen LogP contribution is 2.34. The summed E-state index contributed by atoms with van der Waals surface area (Å²) < 4.78 is 46.6. The smallest absolute Gasteiger partial charge is 0.351 e. The summed E-state index contributed by atoms with van der Waals surface area (Å²) in [6.45, 7) is 4.55. The number of hydrogen-bond acceptors (Lipinski definition) is 9. The molecular weight excluding hydrogens is 572 g/mol. The SMILES string of the molecule is O=S=P.O=S=P.[3H]C[C@H]1O[C@@H](n2ccc(=O)[nH]c2=O)C[C@@H]1CC.[3H]C[C@H]1O[C@@H](n2ccc(N)nc2=O)C[C@@H]1CC. The van der Waals surface area contributed by atoms with Crippen LogP contribution in [-0.4, -0.2) is 39.7 Å². The zero-order valence-electron chi connectivity index (χ0n) is 23.1. The number of hydrogen-bond donors (Lipinski definition) is 2. The average molecular weight is 612 g/mol. The van der Waals surface area contributed by atoms with Crippen molar-refractivity contribution in [3.8, 4) is 0 Å². The molecular formula is C22H35N5O7P2S2. The summed E-state index contributed by atoms with van der Waals surface area (Å²) in [5.74, 6) is 0.853. The van der Waals surface area contributed by atoms with E-state index in [2.05, 4.69) is 39.8 Å². The Kier molecular flexibility index (Phi) is 14.0. The Morgan fingerprint density at radius 2 is 1.47 bits per heavy atom. The summed E-state index contributed by atoms with van der Waals surface area (Å²) in [6, 6.07) is 2.89. The second kappa shape index (κ2) is 17.5. The van der Waals surface area contributed by atoms with Crippen molar-refractivity contribution < 1.29 is 20.6 Å². The third-order valence-corrected chi connectivity index (χ3v) is 6.10. The highest BCUT2D eigenvalue weighted by atomic mass is 32.4. The minimum atomic E-state index is -0.456. The van der Waals surface area contributed by atoms with Crippen LogP contribution in [0.1, 0.15) is 68.5 Å². The first kappa shape index (κ1) is 30.5. The Hall–Kier alpha value is -2.08. The van der Waals surface area contributed by atoms with Crippen molar-refractivity contribution in [1.29, 1.82) is 0 Å². The van der Waals surface area contributed by atoms with E-state index < -0.39 is 16.9 Å². The van der Waals surface area contributed by atoms with Gasteiger partial charge in [-0.25, -0.2) is 18.0 Å². The molecule has 16 heteroatoms. The zero-order chi connectivity index (χ0) is 30.2. The number of H-pyrrole nitrogens is 1. The van der Waals surface area contributed by atoms with E-state index in [0.29, 0.717) is 39.9 Å². The minimum Gasteiger partial charge on any atom is -0.383 e. The first-order chi connectivity index (χ1) is 19.1. The Bertz CT molecular complexity index is 1280. The van der Waals surface area contributed by atoms with Crippen LogP contribution in [0, 0.1) is 11.8 Å². The van der Waals surface area contributed by atoms with Crippen LogP contribution in [0.2, 0.25) is 0 Å². The molecule has 2 aliphatic rings. The van der Waals surface area contributed by atoms with Gasteiger partial charge in [-0.1, -0.05) is 26.7 Å². The second-order valence-corrected chi connectivity index (χ2v) is 9.63. The molecule has 2 aromatic heterocycles. The van der Waals surface area contributed by atoms with E-state index in [1.165, 1.54) is 21.4 Å². The zero-order valence-corrected chi connectivity index (χ0v) is 24.7. The van der Waals surface area contributed by atoms with E-state index in [9.17, 15) is 14.4 Å². The lowest BCUT2D eigenvalue weighted by molar-refractivity contribution is 0.00174. The summed E-state index contributed by atoms with van der Waals surface area (Å²) in [5.41, 5.74) is 4.18. The summed E-state index contributed by atoms with van der Waals surface area (Å²) in [7, 11) is 5.70. The van der Waals surface area contributed by atoms with Gasteiger partial charge in [0.25, 0.3) is 5.56 Å². The number of nitrogen functional groups attached to an aromatic ring is 1. The van der Waals surface area contributed by atoms with Crippen LogP contribution in [0.15, 0.2) is 38.9 Å². The molecule has 3 N–H and O–H groups in total. The molecule has 6 atom stereocenters. The molecule has 0 spiro atoms. The number of ether oxygens (including phenoxy) is 2. The molecule has 2 aromatic rings. The molecule has 2 fully saturated rings. The number of aromatic amines is 1. The number of nitrogens with zero attached hydrogens (tertiary/aromatic N) is 3.